The largest absolute Gasteiger partial charge is 0.397 e. The SMILES string of the molecule is CCCC1(CNc2ccc(N)c(N)c2)CC1. The van der Waals surface area contributed by atoms with Gasteiger partial charge in [0.2, 0.25) is 0 Å². The number of hydrogen-bond acceptors (Lipinski definition) is 3. The van der Waals surface area contributed by atoms with Crippen molar-refractivity contribution in [1.29, 1.82) is 0 Å². The van der Waals surface area contributed by atoms with Gasteiger partial charge >= 0.3 is 0 Å². The zero-order chi connectivity index (χ0) is 11.6. The Morgan fingerprint density at radius 3 is 2.56 bits per heavy atom. The van der Waals surface area contributed by atoms with Crippen molar-refractivity contribution in [3.05, 3.63) is 18.2 Å². The Balaban J connectivity index is 1.92. The van der Waals surface area contributed by atoms with Crippen LogP contribution in [0.15, 0.2) is 18.2 Å². The maximum atomic E-state index is 5.77. The monoisotopic (exact) mass is 219 g/mol. The first kappa shape index (κ1) is 11.1. The summed E-state index contributed by atoms with van der Waals surface area (Å²) in [6.45, 7) is 3.31. The lowest BCUT2D eigenvalue weighted by molar-refractivity contribution is 0.486. The highest BCUT2D eigenvalue weighted by molar-refractivity contribution is 5.69. The van der Waals surface area contributed by atoms with E-state index in [2.05, 4.69) is 12.2 Å². The zero-order valence-electron chi connectivity index (χ0n) is 9.92. The van der Waals surface area contributed by atoms with Gasteiger partial charge in [-0.05, 0) is 42.9 Å². The fourth-order valence-corrected chi connectivity index (χ4v) is 2.20. The minimum Gasteiger partial charge on any atom is -0.397 e. The number of nitrogens with one attached hydrogen (secondary N) is 1. The lowest BCUT2D eigenvalue weighted by atomic mass is 10.0. The molecule has 0 unspecified atom stereocenters. The maximum absolute atomic E-state index is 5.77. The first-order valence-corrected chi connectivity index (χ1v) is 6.04. The molecule has 3 nitrogen and oxygen atoms in total. The third kappa shape index (κ3) is 2.40. The third-order valence-electron chi connectivity index (χ3n) is 3.49. The van der Waals surface area contributed by atoms with Gasteiger partial charge in [-0.1, -0.05) is 13.3 Å². The van der Waals surface area contributed by atoms with Gasteiger partial charge in [-0.15, -0.1) is 0 Å². The molecule has 0 aromatic heterocycles. The standard InChI is InChI=1S/C13H21N3/c1-2-5-13(6-7-13)9-16-10-3-4-11(14)12(15)8-10/h3-4,8,16H,2,5-7,9,14-15H2,1H3. The van der Waals surface area contributed by atoms with Gasteiger partial charge in [0.15, 0.2) is 0 Å². The van der Waals surface area contributed by atoms with Crippen molar-refractivity contribution in [3.8, 4) is 0 Å². The molecule has 3 heteroatoms. The van der Waals surface area contributed by atoms with Crippen LogP contribution in [0.2, 0.25) is 0 Å². The van der Waals surface area contributed by atoms with E-state index in [1.54, 1.807) is 0 Å². The van der Waals surface area contributed by atoms with E-state index in [-0.39, 0.29) is 0 Å². The quantitative estimate of drug-likeness (QED) is 0.667. The highest BCUT2D eigenvalue weighted by Gasteiger charge is 2.40. The van der Waals surface area contributed by atoms with Gasteiger partial charge in [-0.3, -0.25) is 0 Å². The van der Waals surface area contributed by atoms with E-state index in [9.17, 15) is 0 Å². The molecule has 0 bridgehead atoms. The van der Waals surface area contributed by atoms with Crippen molar-refractivity contribution in [3.63, 3.8) is 0 Å². The van der Waals surface area contributed by atoms with E-state index < -0.39 is 0 Å². The number of rotatable bonds is 5. The molecule has 16 heavy (non-hydrogen) atoms. The van der Waals surface area contributed by atoms with Gasteiger partial charge in [0, 0.05) is 12.2 Å². The van der Waals surface area contributed by atoms with Crippen molar-refractivity contribution in [2.75, 3.05) is 23.3 Å². The summed E-state index contributed by atoms with van der Waals surface area (Å²) in [6.07, 6.45) is 5.31. The molecule has 1 saturated carbocycles. The second kappa shape index (κ2) is 4.24. The fourth-order valence-electron chi connectivity index (χ4n) is 2.20. The van der Waals surface area contributed by atoms with Gasteiger partial charge in [-0.2, -0.15) is 0 Å². The van der Waals surface area contributed by atoms with Crippen molar-refractivity contribution in [1.82, 2.24) is 0 Å². The van der Waals surface area contributed by atoms with E-state index >= 15 is 0 Å². The lowest BCUT2D eigenvalue weighted by Crippen LogP contribution is -2.15. The first-order valence-electron chi connectivity index (χ1n) is 6.04. The zero-order valence-corrected chi connectivity index (χ0v) is 9.92. The normalized spacial score (nSPS) is 17.1. The second-order valence-corrected chi connectivity index (χ2v) is 4.95. The van der Waals surface area contributed by atoms with E-state index in [4.69, 9.17) is 11.5 Å². The maximum Gasteiger partial charge on any atom is 0.0568 e. The number of nitrogen functional groups attached to an aromatic ring is 2. The van der Waals surface area contributed by atoms with Gasteiger partial charge in [0.1, 0.15) is 0 Å². The predicted octanol–water partition coefficient (Wildman–Crippen LogP) is 2.84. The molecule has 5 N–H and O–H groups in total. The smallest absolute Gasteiger partial charge is 0.0568 e. The van der Waals surface area contributed by atoms with Crippen molar-refractivity contribution < 1.29 is 0 Å². The first-order chi connectivity index (χ1) is 7.65. The Morgan fingerprint density at radius 1 is 1.25 bits per heavy atom. The Labute approximate surface area is 97.2 Å². The average Bonchev–Trinajstić information content (AvgIpc) is 3.01. The number of nitrogens with two attached hydrogens (primary N) is 2. The van der Waals surface area contributed by atoms with Gasteiger partial charge in [0.25, 0.3) is 0 Å². The second-order valence-electron chi connectivity index (χ2n) is 4.95. The molecule has 1 aromatic rings. The van der Waals surface area contributed by atoms with Crippen LogP contribution in [0.4, 0.5) is 17.1 Å². The van der Waals surface area contributed by atoms with Crippen LogP contribution in [0, 0.1) is 5.41 Å². The summed E-state index contributed by atoms with van der Waals surface area (Å²) >= 11 is 0. The van der Waals surface area contributed by atoms with Crippen LogP contribution >= 0.6 is 0 Å². The van der Waals surface area contributed by atoms with Crippen LogP contribution in [-0.2, 0) is 0 Å². The van der Waals surface area contributed by atoms with Gasteiger partial charge < -0.3 is 16.8 Å². The summed E-state index contributed by atoms with van der Waals surface area (Å²) in [5.74, 6) is 0. The van der Waals surface area contributed by atoms with Crippen molar-refractivity contribution >= 4 is 17.1 Å². The van der Waals surface area contributed by atoms with E-state index in [0.29, 0.717) is 16.8 Å². The Kier molecular flexibility index (Phi) is 2.95. The molecular formula is C13H21N3. The van der Waals surface area contributed by atoms with Gasteiger partial charge in [-0.25, -0.2) is 0 Å². The Hall–Kier alpha value is -1.38. The third-order valence-corrected chi connectivity index (χ3v) is 3.49. The molecule has 1 aromatic carbocycles. The van der Waals surface area contributed by atoms with Crippen LogP contribution in [-0.4, -0.2) is 6.54 Å². The molecule has 0 atom stereocenters. The fraction of sp³-hybridized carbons (Fsp3) is 0.538. The molecule has 0 aliphatic heterocycles. The summed E-state index contributed by atoms with van der Waals surface area (Å²) in [6, 6.07) is 5.77. The topological polar surface area (TPSA) is 64.1 Å². The molecule has 88 valence electrons. The highest BCUT2D eigenvalue weighted by Crippen LogP contribution is 2.49. The Morgan fingerprint density at radius 2 is 2.00 bits per heavy atom. The van der Waals surface area contributed by atoms with E-state index in [0.717, 1.165) is 12.2 Å². The lowest BCUT2D eigenvalue weighted by Gasteiger charge is -2.16. The molecule has 0 radical (unpaired) electrons. The summed E-state index contributed by atoms with van der Waals surface area (Å²) in [5.41, 5.74) is 14.4. The summed E-state index contributed by atoms with van der Waals surface area (Å²) in [5, 5.41) is 3.46. The van der Waals surface area contributed by atoms with E-state index in [1.807, 2.05) is 18.2 Å². The molecule has 2 rings (SSSR count). The minimum atomic E-state index is 0.560. The molecule has 0 heterocycles. The van der Waals surface area contributed by atoms with Crippen LogP contribution in [0.3, 0.4) is 0 Å². The van der Waals surface area contributed by atoms with Gasteiger partial charge in [0.05, 0.1) is 11.4 Å². The van der Waals surface area contributed by atoms with Crippen LogP contribution in [0.25, 0.3) is 0 Å². The predicted molar refractivity (Wildman–Crippen MR) is 70.3 cm³/mol. The molecule has 0 spiro atoms. The number of benzene rings is 1. The number of hydrogen-bond donors (Lipinski definition) is 3. The molecule has 1 aliphatic rings. The molecule has 0 saturated heterocycles. The summed E-state index contributed by atoms with van der Waals surface area (Å²) in [4.78, 5) is 0. The summed E-state index contributed by atoms with van der Waals surface area (Å²) in [7, 11) is 0. The molecule has 1 fully saturated rings. The highest BCUT2D eigenvalue weighted by atomic mass is 14.9. The van der Waals surface area contributed by atoms with E-state index in [1.165, 1.54) is 25.7 Å². The molecule has 1 aliphatic carbocycles. The molecular weight excluding hydrogens is 198 g/mol. The number of anilines is 3. The minimum absolute atomic E-state index is 0.560. The Bertz CT molecular complexity index is 369. The average molecular weight is 219 g/mol. The van der Waals surface area contributed by atoms with Crippen LogP contribution in [0.5, 0.6) is 0 Å². The van der Waals surface area contributed by atoms with Crippen LogP contribution in [0.1, 0.15) is 32.6 Å². The van der Waals surface area contributed by atoms with Crippen molar-refractivity contribution in [2.24, 2.45) is 5.41 Å². The molecule has 0 amide bonds. The van der Waals surface area contributed by atoms with Crippen LogP contribution < -0.4 is 16.8 Å². The van der Waals surface area contributed by atoms with Crippen molar-refractivity contribution in [2.45, 2.75) is 32.6 Å². The summed E-state index contributed by atoms with van der Waals surface area (Å²) < 4.78 is 0.